The number of aromatic nitrogens is 2. The van der Waals surface area contributed by atoms with Gasteiger partial charge in [0.05, 0.1) is 28.6 Å². The summed E-state index contributed by atoms with van der Waals surface area (Å²) in [6.07, 6.45) is 5.77. The lowest BCUT2D eigenvalue weighted by molar-refractivity contribution is 0.0966. The van der Waals surface area contributed by atoms with Crippen LogP contribution < -0.4 is 16.0 Å². The molecule has 0 unspecified atom stereocenters. The van der Waals surface area contributed by atoms with Crippen molar-refractivity contribution in [2.75, 3.05) is 31.5 Å². The van der Waals surface area contributed by atoms with E-state index in [0.29, 0.717) is 23.6 Å². The minimum absolute atomic E-state index is 0.0940. The van der Waals surface area contributed by atoms with E-state index >= 15 is 0 Å². The fourth-order valence-corrected chi connectivity index (χ4v) is 4.67. The summed E-state index contributed by atoms with van der Waals surface area (Å²) < 4.78 is 2.00. The van der Waals surface area contributed by atoms with E-state index in [2.05, 4.69) is 50.5 Å². The Kier molecular flexibility index (Phi) is 5.90. The molecule has 1 amide bonds. The highest BCUT2D eigenvalue weighted by Gasteiger charge is 2.27. The summed E-state index contributed by atoms with van der Waals surface area (Å²) in [6, 6.07) is 10.1. The van der Waals surface area contributed by atoms with Gasteiger partial charge < -0.3 is 25.4 Å². The summed E-state index contributed by atoms with van der Waals surface area (Å²) in [5.41, 5.74) is 7.50. The van der Waals surface area contributed by atoms with Crippen molar-refractivity contribution in [1.29, 1.82) is 0 Å². The summed E-state index contributed by atoms with van der Waals surface area (Å²) in [5.74, 6) is 0.499. The van der Waals surface area contributed by atoms with Crippen molar-refractivity contribution in [3.8, 4) is 11.1 Å². The molecule has 5 rings (SSSR count). The molecule has 0 aliphatic carbocycles. The number of hydrogen-bond acceptors (Lipinski definition) is 6. The third kappa shape index (κ3) is 3.97. The molecule has 3 heterocycles. The molecule has 3 N–H and O–H groups in total. The van der Waals surface area contributed by atoms with Crippen LogP contribution in [-0.2, 0) is 13.6 Å². The predicted molar refractivity (Wildman–Crippen MR) is 137 cm³/mol. The summed E-state index contributed by atoms with van der Waals surface area (Å²) in [4.78, 5) is 23.9. The Morgan fingerprint density at radius 1 is 1.18 bits per heavy atom. The zero-order chi connectivity index (χ0) is 23.7. The number of benzene rings is 2. The summed E-state index contributed by atoms with van der Waals surface area (Å²) in [6.45, 7) is 10.2. The van der Waals surface area contributed by atoms with Crippen molar-refractivity contribution < 1.29 is 4.79 Å². The number of nitrogens with zero attached hydrogens (tertiary/aromatic N) is 4. The van der Waals surface area contributed by atoms with Gasteiger partial charge in [0.2, 0.25) is 0 Å². The Morgan fingerprint density at radius 3 is 2.79 bits per heavy atom. The van der Waals surface area contributed by atoms with Gasteiger partial charge in [-0.15, -0.1) is 0 Å². The van der Waals surface area contributed by atoms with Crippen LogP contribution in [-0.4, -0.2) is 53.3 Å². The molecule has 1 saturated heterocycles. The van der Waals surface area contributed by atoms with Gasteiger partial charge in [-0.3, -0.25) is 4.79 Å². The molecule has 8 nitrogen and oxygen atoms in total. The van der Waals surface area contributed by atoms with Crippen molar-refractivity contribution in [2.45, 2.75) is 13.5 Å². The maximum absolute atomic E-state index is 12.8. The second-order valence-corrected chi connectivity index (χ2v) is 8.61. The molecule has 0 spiro atoms. The SMILES string of the molecule is C=N/C(=C\C=C(/C)N1CCNCC1)Nc1ccc(-c2cccc3c2ncn3C)c2c1C(=O)NC2. The third-order valence-corrected chi connectivity index (χ3v) is 6.54. The quantitative estimate of drug-likeness (QED) is 0.392. The van der Waals surface area contributed by atoms with Crippen LogP contribution in [0.2, 0.25) is 0 Å². The Bertz CT molecular complexity index is 1330. The van der Waals surface area contributed by atoms with Crippen LogP contribution in [0.3, 0.4) is 0 Å². The fraction of sp³-hybridized carbons (Fsp3) is 0.269. The second-order valence-electron chi connectivity index (χ2n) is 8.61. The van der Waals surface area contributed by atoms with E-state index < -0.39 is 0 Å². The largest absolute Gasteiger partial charge is 0.372 e. The molecule has 174 valence electrons. The van der Waals surface area contributed by atoms with Crippen LogP contribution in [0.4, 0.5) is 5.69 Å². The Hall–Kier alpha value is -3.91. The fourth-order valence-electron chi connectivity index (χ4n) is 4.67. The minimum Gasteiger partial charge on any atom is -0.372 e. The number of imidazole rings is 1. The number of hydrogen-bond donors (Lipinski definition) is 3. The van der Waals surface area contributed by atoms with Gasteiger partial charge in [0, 0.05) is 51.0 Å². The molecule has 2 aromatic carbocycles. The highest BCUT2D eigenvalue weighted by molar-refractivity contribution is 6.07. The van der Waals surface area contributed by atoms with Gasteiger partial charge in [0.15, 0.2) is 0 Å². The molecule has 0 saturated carbocycles. The van der Waals surface area contributed by atoms with Crippen LogP contribution in [0, 0.1) is 0 Å². The number of rotatable bonds is 6. The number of fused-ring (bicyclic) bond motifs is 2. The molecule has 8 heteroatoms. The van der Waals surface area contributed by atoms with Crippen LogP contribution >= 0.6 is 0 Å². The molecule has 0 radical (unpaired) electrons. The zero-order valence-corrected chi connectivity index (χ0v) is 19.6. The van der Waals surface area contributed by atoms with Crippen LogP contribution in [0.25, 0.3) is 22.2 Å². The molecule has 2 aliphatic rings. The maximum atomic E-state index is 12.8. The van der Waals surface area contributed by atoms with Gasteiger partial charge in [-0.05, 0) is 49.1 Å². The normalized spacial score (nSPS) is 16.5. The van der Waals surface area contributed by atoms with Crippen molar-refractivity contribution in [2.24, 2.45) is 12.0 Å². The molecule has 1 aromatic heterocycles. The van der Waals surface area contributed by atoms with Gasteiger partial charge >= 0.3 is 0 Å². The molecule has 3 aromatic rings. The predicted octanol–water partition coefficient (Wildman–Crippen LogP) is 3.25. The number of allylic oxidation sites excluding steroid dienone is 3. The molecule has 0 bridgehead atoms. The first-order valence-electron chi connectivity index (χ1n) is 11.5. The van der Waals surface area contributed by atoms with Crippen LogP contribution in [0.1, 0.15) is 22.8 Å². The first-order valence-corrected chi connectivity index (χ1v) is 11.5. The number of aliphatic imine (C=N–C) groups is 1. The van der Waals surface area contributed by atoms with Crippen molar-refractivity contribution in [3.63, 3.8) is 0 Å². The molecule has 34 heavy (non-hydrogen) atoms. The van der Waals surface area contributed by atoms with Gasteiger partial charge in [-0.1, -0.05) is 18.2 Å². The lowest BCUT2D eigenvalue weighted by Crippen LogP contribution is -2.42. The van der Waals surface area contributed by atoms with Gasteiger partial charge in [0.25, 0.3) is 5.91 Å². The number of anilines is 1. The summed E-state index contributed by atoms with van der Waals surface area (Å²) in [5, 5.41) is 9.66. The lowest BCUT2D eigenvalue weighted by atomic mass is 9.94. The van der Waals surface area contributed by atoms with E-state index in [4.69, 9.17) is 0 Å². The average Bonchev–Trinajstić information content (AvgIpc) is 3.45. The van der Waals surface area contributed by atoms with E-state index in [0.717, 1.165) is 53.9 Å². The number of piperazine rings is 1. The van der Waals surface area contributed by atoms with Crippen molar-refractivity contribution >= 4 is 29.3 Å². The summed E-state index contributed by atoms with van der Waals surface area (Å²) in [7, 11) is 1.98. The zero-order valence-electron chi connectivity index (χ0n) is 19.6. The number of aryl methyl sites for hydroxylation is 1. The van der Waals surface area contributed by atoms with Gasteiger partial charge in [-0.2, -0.15) is 0 Å². The number of para-hydroxylation sites is 1. The Labute approximate surface area is 199 Å². The lowest BCUT2D eigenvalue weighted by Gasteiger charge is -2.29. The van der Waals surface area contributed by atoms with E-state index in [9.17, 15) is 4.79 Å². The van der Waals surface area contributed by atoms with Gasteiger partial charge in [0.1, 0.15) is 5.82 Å². The number of amides is 1. The second kappa shape index (κ2) is 9.15. The summed E-state index contributed by atoms with van der Waals surface area (Å²) >= 11 is 0. The van der Waals surface area contributed by atoms with E-state index in [1.165, 1.54) is 5.70 Å². The number of carbonyl (C=O) groups excluding carboxylic acids is 1. The van der Waals surface area contributed by atoms with Crippen molar-refractivity contribution in [1.82, 2.24) is 25.1 Å². The van der Waals surface area contributed by atoms with E-state index in [1.54, 1.807) is 0 Å². The van der Waals surface area contributed by atoms with Crippen LogP contribution in [0.15, 0.2) is 65.3 Å². The Balaban J connectivity index is 1.49. The van der Waals surface area contributed by atoms with Crippen molar-refractivity contribution in [3.05, 3.63) is 71.5 Å². The molecule has 0 atom stereocenters. The average molecular weight is 456 g/mol. The number of carbonyl (C=O) groups is 1. The highest BCUT2D eigenvalue weighted by atomic mass is 16.1. The van der Waals surface area contributed by atoms with Gasteiger partial charge in [-0.25, -0.2) is 9.98 Å². The highest BCUT2D eigenvalue weighted by Crippen LogP contribution is 2.37. The minimum atomic E-state index is -0.0940. The first kappa shape index (κ1) is 21.9. The van der Waals surface area contributed by atoms with E-state index in [1.807, 2.05) is 54.4 Å². The smallest absolute Gasteiger partial charge is 0.254 e. The van der Waals surface area contributed by atoms with E-state index in [-0.39, 0.29) is 5.91 Å². The molecule has 1 fully saturated rings. The third-order valence-electron chi connectivity index (χ3n) is 6.54. The maximum Gasteiger partial charge on any atom is 0.254 e. The molecular weight excluding hydrogens is 426 g/mol. The first-order chi connectivity index (χ1) is 16.6. The number of nitrogens with one attached hydrogen (secondary N) is 3. The topological polar surface area (TPSA) is 86.6 Å². The monoisotopic (exact) mass is 455 g/mol. The molecular formula is C26H29N7O. The van der Waals surface area contributed by atoms with Crippen LogP contribution in [0.5, 0.6) is 0 Å². The standard InChI is InChI=1S/C26H29N7O/c1-17(33-13-11-28-12-14-33)7-10-23(27-2)31-21-9-8-18(20-15-29-26(34)24(20)21)19-5-4-6-22-25(19)30-16-32(22)3/h4-10,16,28,31H,2,11-15H2,1,3H3,(H,29,34)/b17-7+,23-10+. The molecule has 2 aliphatic heterocycles. The Morgan fingerprint density at radius 2 is 2.00 bits per heavy atom.